The second-order valence-electron chi connectivity index (χ2n) is 7.11. The fraction of sp³-hybridized carbons (Fsp3) is 0.333. The van der Waals surface area contributed by atoms with Gasteiger partial charge in [-0.15, -0.1) is 0 Å². The van der Waals surface area contributed by atoms with Crippen molar-refractivity contribution in [2.75, 3.05) is 37.6 Å². The van der Waals surface area contributed by atoms with Crippen LogP contribution in [0.1, 0.15) is 5.56 Å². The van der Waals surface area contributed by atoms with Crippen LogP contribution in [0.5, 0.6) is 0 Å². The monoisotopic (exact) mass is 402 g/mol. The molecular weight excluding hydrogens is 381 g/mol. The molecule has 1 fully saturated rings. The second-order valence-corrected chi connectivity index (χ2v) is 7.11. The Morgan fingerprint density at radius 1 is 0.931 bits per heavy atom. The molecule has 0 atom stereocenters. The van der Waals surface area contributed by atoms with Crippen LogP contribution in [-0.4, -0.2) is 47.2 Å². The zero-order valence-electron chi connectivity index (χ0n) is 15.8. The van der Waals surface area contributed by atoms with E-state index in [4.69, 9.17) is 0 Å². The van der Waals surface area contributed by atoms with E-state index in [1.165, 1.54) is 18.3 Å². The lowest BCUT2D eigenvalue weighted by Crippen LogP contribution is -2.47. The number of anilines is 1. The van der Waals surface area contributed by atoms with Gasteiger partial charge in [-0.2, -0.15) is 13.2 Å². The molecule has 8 heteroatoms. The molecule has 3 aromatic rings. The van der Waals surface area contributed by atoms with Gasteiger partial charge >= 0.3 is 6.18 Å². The Hall–Kier alpha value is -2.87. The molecular formula is C21H21F3N4O. The van der Waals surface area contributed by atoms with E-state index in [-0.39, 0.29) is 5.56 Å². The van der Waals surface area contributed by atoms with Crippen LogP contribution in [0.25, 0.3) is 11.0 Å². The van der Waals surface area contributed by atoms with Crippen LogP contribution in [-0.2, 0) is 12.7 Å². The molecule has 1 aliphatic rings. The van der Waals surface area contributed by atoms with E-state index in [0.29, 0.717) is 31.9 Å². The molecule has 0 aliphatic carbocycles. The Labute approximate surface area is 166 Å². The number of alkyl halides is 3. The minimum absolute atomic E-state index is 0.133. The predicted molar refractivity (Wildman–Crippen MR) is 106 cm³/mol. The molecule has 0 radical (unpaired) electrons. The van der Waals surface area contributed by atoms with Gasteiger partial charge in [-0.05, 0) is 30.3 Å². The maximum Gasteiger partial charge on any atom is 0.416 e. The average molecular weight is 402 g/mol. The first-order valence-electron chi connectivity index (χ1n) is 9.51. The lowest BCUT2D eigenvalue weighted by molar-refractivity contribution is -0.137. The van der Waals surface area contributed by atoms with Crippen molar-refractivity contribution in [1.29, 1.82) is 0 Å². The van der Waals surface area contributed by atoms with Crippen molar-refractivity contribution in [2.24, 2.45) is 0 Å². The van der Waals surface area contributed by atoms with Crippen LogP contribution in [0.2, 0.25) is 0 Å². The van der Waals surface area contributed by atoms with Gasteiger partial charge in [-0.25, -0.2) is 4.98 Å². The number of hydrogen-bond acceptors (Lipinski definition) is 4. The van der Waals surface area contributed by atoms with E-state index in [1.54, 1.807) is 10.6 Å². The zero-order valence-corrected chi connectivity index (χ0v) is 15.8. The predicted octanol–water partition coefficient (Wildman–Crippen LogP) is 3.24. The van der Waals surface area contributed by atoms with Crippen molar-refractivity contribution in [3.63, 3.8) is 0 Å². The fourth-order valence-electron chi connectivity index (χ4n) is 3.70. The summed E-state index contributed by atoms with van der Waals surface area (Å²) in [4.78, 5) is 20.6. The molecule has 0 bridgehead atoms. The van der Waals surface area contributed by atoms with Gasteiger partial charge in [0.1, 0.15) is 0 Å². The van der Waals surface area contributed by atoms with Gasteiger partial charge in [0.05, 0.1) is 22.8 Å². The van der Waals surface area contributed by atoms with E-state index < -0.39 is 11.7 Å². The van der Waals surface area contributed by atoms with Gasteiger partial charge in [0.25, 0.3) is 5.56 Å². The molecule has 0 amide bonds. The number of piperazine rings is 1. The quantitative estimate of drug-likeness (QED) is 0.672. The second kappa shape index (κ2) is 7.87. The summed E-state index contributed by atoms with van der Waals surface area (Å²) in [5, 5.41) is 0. The van der Waals surface area contributed by atoms with Crippen LogP contribution in [0, 0.1) is 0 Å². The van der Waals surface area contributed by atoms with Crippen molar-refractivity contribution in [3.05, 3.63) is 70.6 Å². The number of fused-ring (bicyclic) bond motifs is 1. The summed E-state index contributed by atoms with van der Waals surface area (Å²) in [6.07, 6.45) is -2.99. The first-order chi connectivity index (χ1) is 13.9. The Balaban J connectivity index is 1.39. The summed E-state index contributed by atoms with van der Waals surface area (Å²) in [5.74, 6) is 0. The van der Waals surface area contributed by atoms with E-state index in [9.17, 15) is 18.0 Å². The van der Waals surface area contributed by atoms with E-state index >= 15 is 0 Å². The van der Waals surface area contributed by atoms with Gasteiger partial charge < -0.3 is 9.47 Å². The third-order valence-electron chi connectivity index (χ3n) is 5.30. The van der Waals surface area contributed by atoms with Gasteiger partial charge in [0, 0.05) is 45.0 Å². The van der Waals surface area contributed by atoms with Crippen LogP contribution >= 0.6 is 0 Å². The third-order valence-corrected chi connectivity index (χ3v) is 5.30. The lowest BCUT2D eigenvalue weighted by atomic mass is 10.1. The third kappa shape index (κ3) is 4.27. The van der Waals surface area contributed by atoms with Gasteiger partial charge in [-0.1, -0.05) is 18.2 Å². The molecule has 1 saturated heterocycles. The first kappa shape index (κ1) is 19.4. The lowest BCUT2D eigenvalue weighted by Gasteiger charge is -2.36. The normalized spacial score (nSPS) is 15.8. The Morgan fingerprint density at radius 2 is 1.69 bits per heavy atom. The van der Waals surface area contributed by atoms with E-state index in [2.05, 4.69) is 9.88 Å². The highest BCUT2D eigenvalue weighted by molar-refractivity contribution is 5.74. The molecule has 152 valence electrons. The Morgan fingerprint density at radius 3 is 2.45 bits per heavy atom. The van der Waals surface area contributed by atoms with Gasteiger partial charge in [0.2, 0.25) is 0 Å². The molecule has 1 aliphatic heterocycles. The molecule has 2 heterocycles. The highest BCUT2D eigenvalue weighted by Gasteiger charge is 2.31. The van der Waals surface area contributed by atoms with Crippen molar-refractivity contribution in [3.8, 4) is 0 Å². The largest absolute Gasteiger partial charge is 0.416 e. The van der Waals surface area contributed by atoms with Crippen LogP contribution in [0.15, 0.2) is 59.5 Å². The fourth-order valence-corrected chi connectivity index (χ4v) is 3.70. The van der Waals surface area contributed by atoms with Crippen LogP contribution in [0.3, 0.4) is 0 Å². The summed E-state index contributed by atoms with van der Waals surface area (Å²) >= 11 is 0. The summed E-state index contributed by atoms with van der Waals surface area (Å²) < 4.78 is 40.6. The number of rotatable bonds is 4. The minimum atomic E-state index is -4.33. The molecule has 0 N–H and O–H groups in total. The number of para-hydroxylation sites is 2. The number of halogens is 3. The van der Waals surface area contributed by atoms with Gasteiger partial charge in [0.15, 0.2) is 0 Å². The van der Waals surface area contributed by atoms with Crippen molar-refractivity contribution in [2.45, 2.75) is 12.7 Å². The minimum Gasteiger partial charge on any atom is -0.369 e. The molecule has 4 rings (SSSR count). The van der Waals surface area contributed by atoms with Crippen LogP contribution in [0.4, 0.5) is 18.9 Å². The average Bonchev–Trinajstić information content (AvgIpc) is 2.73. The summed E-state index contributed by atoms with van der Waals surface area (Å²) in [6.45, 7) is 4.00. The number of aromatic nitrogens is 2. The molecule has 5 nitrogen and oxygen atoms in total. The summed E-state index contributed by atoms with van der Waals surface area (Å²) in [5.41, 5.74) is 1.42. The summed E-state index contributed by atoms with van der Waals surface area (Å²) in [7, 11) is 0. The van der Waals surface area contributed by atoms with Crippen molar-refractivity contribution >= 4 is 16.7 Å². The maximum absolute atomic E-state index is 12.9. The van der Waals surface area contributed by atoms with Crippen molar-refractivity contribution in [1.82, 2.24) is 14.5 Å². The maximum atomic E-state index is 12.9. The molecule has 1 aromatic heterocycles. The Bertz CT molecular complexity index is 1060. The number of hydrogen-bond donors (Lipinski definition) is 0. The highest BCUT2D eigenvalue weighted by Crippen LogP contribution is 2.31. The summed E-state index contributed by atoms with van der Waals surface area (Å²) in [6, 6.07) is 13.0. The SMILES string of the molecule is O=c1cnc2ccccc2n1CCN1CCN(c2cccc(C(F)(F)F)c2)CC1. The van der Waals surface area contributed by atoms with E-state index in [0.717, 1.165) is 30.2 Å². The Kier molecular flexibility index (Phi) is 5.27. The molecule has 29 heavy (non-hydrogen) atoms. The molecule has 2 aromatic carbocycles. The first-order valence-corrected chi connectivity index (χ1v) is 9.51. The topological polar surface area (TPSA) is 41.4 Å². The number of benzene rings is 2. The number of nitrogens with zero attached hydrogens (tertiary/aromatic N) is 4. The molecule has 0 saturated carbocycles. The zero-order chi connectivity index (χ0) is 20.4. The van der Waals surface area contributed by atoms with Gasteiger partial charge in [-0.3, -0.25) is 9.69 Å². The van der Waals surface area contributed by atoms with Crippen molar-refractivity contribution < 1.29 is 13.2 Å². The standard InChI is InChI=1S/C21H21F3N4O/c22-21(23,24)16-4-3-5-17(14-16)27-11-8-26(9-12-27)10-13-28-19-7-2-1-6-18(19)25-15-20(28)29/h1-7,14-15H,8-13H2. The highest BCUT2D eigenvalue weighted by atomic mass is 19.4. The smallest absolute Gasteiger partial charge is 0.369 e. The van der Waals surface area contributed by atoms with E-state index in [1.807, 2.05) is 29.2 Å². The van der Waals surface area contributed by atoms with Crippen LogP contribution < -0.4 is 10.5 Å². The molecule has 0 unspecified atom stereocenters. The molecule has 0 spiro atoms.